The van der Waals surface area contributed by atoms with Crippen molar-refractivity contribution in [2.45, 2.75) is 4.21 Å². The summed E-state index contributed by atoms with van der Waals surface area (Å²) in [7, 11) is -1.91. The van der Waals surface area contributed by atoms with Crippen LogP contribution in [0.3, 0.4) is 0 Å². The third kappa shape index (κ3) is 4.24. The maximum Gasteiger partial charge on any atom is 0.252 e. The molecule has 0 atom stereocenters. The summed E-state index contributed by atoms with van der Waals surface area (Å²) in [6.07, 6.45) is 0. The highest BCUT2D eigenvalue weighted by Crippen LogP contribution is 2.20. The molecule has 0 aliphatic heterocycles. The van der Waals surface area contributed by atoms with Crippen molar-refractivity contribution >= 4 is 27.2 Å². The van der Waals surface area contributed by atoms with E-state index in [0.717, 1.165) is 5.56 Å². The van der Waals surface area contributed by atoms with Gasteiger partial charge in [-0.25, -0.2) is 12.8 Å². The third-order valence-electron chi connectivity index (χ3n) is 3.70. The monoisotopic (exact) mass is 392 g/mol. The number of nitrogens with zero attached hydrogens (tertiary/aromatic N) is 3. The first kappa shape index (κ1) is 18.4. The molecule has 0 saturated carbocycles. The number of likely N-dealkylation sites (N-methyl/N-ethyl adjacent to an activating group) is 1. The van der Waals surface area contributed by atoms with Gasteiger partial charge >= 0.3 is 0 Å². The zero-order valence-corrected chi connectivity index (χ0v) is 15.6. The van der Waals surface area contributed by atoms with Gasteiger partial charge in [-0.05, 0) is 47.8 Å². The van der Waals surface area contributed by atoms with Gasteiger partial charge in [0.15, 0.2) is 0 Å². The van der Waals surface area contributed by atoms with Gasteiger partial charge in [0.2, 0.25) is 0 Å². The summed E-state index contributed by atoms with van der Waals surface area (Å²) in [4.78, 5) is 0. The minimum Gasteiger partial charge on any atom is -0.367 e. The van der Waals surface area contributed by atoms with Crippen LogP contribution in [0.1, 0.15) is 0 Å². The zero-order valence-electron chi connectivity index (χ0n) is 14.0. The van der Waals surface area contributed by atoms with E-state index in [2.05, 4.69) is 15.5 Å². The molecule has 1 N–H and O–H groups in total. The molecule has 2 heterocycles. The molecule has 3 aromatic rings. The highest BCUT2D eigenvalue weighted by Gasteiger charge is 2.21. The summed E-state index contributed by atoms with van der Waals surface area (Å²) in [5, 5.41) is 12.9. The lowest BCUT2D eigenvalue weighted by molar-refractivity contribution is 0.482. The van der Waals surface area contributed by atoms with Crippen molar-refractivity contribution in [3.63, 3.8) is 0 Å². The fraction of sp³-hybridized carbons (Fsp3) is 0.176. The van der Waals surface area contributed by atoms with E-state index in [1.165, 1.54) is 27.8 Å². The molecule has 0 spiro atoms. The smallest absolute Gasteiger partial charge is 0.252 e. The van der Waals surface area contributed by atoms with Gasteiger partial charge in [0.25, 0.3) is 10.0 Å². The second kappa shape index (κ2) is 7.90. The molecule has 0 unspecified atom stereocenters. The molecule has 0 fully saturated rings. The van der Waals surface area contributed by atoms with E-state index in [-0.39, 0.29) is 5.82 Å². The topological polar surface area (TPSA) is 75.2 Å². The molecule has 0 aliphatic rings. The van der Waals surface area contributed by atoms with E-state index >= 15 is 0 Å². The van der Waals surface area contributed by atoms with Crippen molar-refractivity contribution in [1.29, 1.82) is 0 Å². The minimum atomic E-state index is -3.45. The van der Waals surface area contributed by atoms with E-state index < -0.39 is 10.0 Å². The van der Waals surface area contributed by atoms with E-state index in [9.17, 15) is 12.8 Å². The summed E-state index contributed by atoms with van der Waals surface area (Å²) in [5.41, 5.74) is 1.40. The van der Waals surface area contributed by atoms with Crippen molar-refractivity contribution in [1.82, 2.24) is 14.5 Å². The number of sulfonamides is 1. The number of thiophene rings is 1. The Hall–Kier alpha value is -2.36. The Morgan fingerprint density at radius 3 is 2.50 bits per heavy atom. The Kier molecular flexibility index (Phi) is 5.60. The molecular weight excluding hydrogens is 375 g/mol. The lowest BCUT2D eigenvalue weighted by Crippen LogP contribution is -2.31. The Labute approximate surface area is 155 Å². The summed E-state index contributed by atoms with van der Waals surface area (Å²) in [6.45, 7) is 0.688. The first-order valence-electron chi connectivity index (χ1n) is 7.80. The van der Waals surface area contributed by atoms with E-state index in [0.29, 0.717) is 28.8 Å². The van der Waals surface area contributed by atoms with Gasteiger partial charge in [0, 0.05) is 25.7 Å². The normalized spacial score (nSPS) is 11.7. The molecule has 3 rings (SSSR count). The van der Waals surface area contributed by atoms with Crippen LogP contribution in [0.15, 0.2) is 58.1 Å². The van der Waals surface area contributed by atoms with E-state index in [1.807, 2.05) is 0 Å². The maximum atomic E-state index is 13.0. The van der Waals surface area contributed by atoms with Gasteiger partial charge in [-0.3, -0.25) is 0 Å². The first-order chi connectivity index (χ1) is 12.5. The van der Waals surface area contributed by atoms with E-state index in [1.54, 1.807) is 48.8 Å². The van der Waals surface area contributed by atoms with Crippen LogP contribution in [0.4, 0.5) is 10.2 Å². The lowest BCUT2D eigenvalue weighted by Gasteiger charge is -2.16. The fourth-order valence-corrected chi connectivity index (χ4v) is 4.60. The molecule has 9 heteroatoms. The van der Waals surface area contributed by atoms with Crippen molar-refractivity contribution in [2.75, 3.05) is 25.5 Å². The van der Waals surface area contributed by atoms with Crippen molar-refractivity contribution in [3.8, 4) is 11.3 Å². The van der Waals surface area contributed by atoms with Crippen LogP contribution >= 0.6 is 11.3 Å². The number of hydrogen-bond donors (Lipinski definition) is 1. The number of hydrogen-bond acceptors (Lipinski definition) is 6. The van der Waals surface area contributed by atoms with Crippen LogP contribution in [-0.4, -0.2) is 43.1 Å². The Bertz CT molecular complexity index is 943. The summed E-state index contributed by atoms with van der Waals surface area (Å²) in [6, 6.07) is 12.8. The first-order valence-corrected chi connectivity index (χ1v) is 10.1. The van der Waals surface area contributed by atoms with Gasteiger partial charge in [0.1, 0.15) is 15.8 Å². The van der Waals surface area contributed by atoms with Crippen LogP contribution in [-0.2, 0) is 10.0 Å². The highest BCUT2D eigenvalue weighted by molar-refractivity contribution is 7.91. The van der Waals surface area contributed by atoms with Gasteiger partial charge in [-0.1, -0.05) is 6.07 Å². The Balaban J connectivity index is 1.56. The van der Waals surface area contributed by atoms with Gasteiger partial charge in [0.05, 0.1) is 5.69 Å². The number of benzene rings is 1. The second-order valence-corrected chi connectivity index (χ2v) is 8.72. The number of anilines is 1. The second-order valence-electron chi connectivity index (χ2n) is 5.50. The number of aromatic nitrogens is 2. The molecule has 0 amide bonds. The van der Waals surface area contributed by atoms with Crippen molar-refractivity contribution in [2.24, 2.45) is 0 Å². The SMILES string of the molecule is CN(CCNc1ccc(-c2ccc(F)cc2)nn1)S(=O)(=O)c1cccs1. The number of rotatable bonds is 7. The van der Waals surface area contributed by atoms with Crippen LogP contribution in [0.25, 0.3) is 11.3 Å². The Morgan fingerprint density at radius 1 is 1.12 bits per heavy atom. The predicted molar refractivity (Wildman–Crippen MR) is 100 cm³/mol. The molecule has 1 aromatic carbocycles. The van der Waals surface area contributed by atoms with Gasteiger partial charge in [-0.2, -0.15) is 4.31 Å². The molecular formula is C17H17FN4O2S2. The average molecular weight is 392 g/mol. The summed E-state index contributed by atoms with van der Waals surface area (Å²) in [5.74, 6) is 0.236. The van der Waals surface area contributed by atoms with Crippen LogP contribution in [0, 0.1) is 5.82 Å². The minimum absolute atomic E-state index is 0.293. The molecule has 26 heavy (non-hydrogen) atoms. The number of halogens is 1. The van der Waals surface area contributed by atoms with Crippen molar-refractivity contribution < 1.29 is 12.8 Å². The largest absolute Gasteiger partial charge is 0.367 e. The predicted octanol–water partition coefficient (Wildman–Crippen LogP) is 3.08. The third-order valence-corrected chi connectivity index (χ3v) is 6.93. The standard InChI is InChI=1S/C17H17FN4O2S2/c1-22(26(23,24)17-3-2-12-25-17)11-10-19-16-9-8-15(20-21-16)13-4-6-14(18)7-5-13/h2-9,12H,10-11H2,1H3,(H,19,21). The van der Waals surface area contributed by atoms with Crippen LogP contribution in [0.5, 0.6) is 0 Å². The Morgan fingerprint density at radius 2 is 1.88 bits per heavy atom. The highest BCUT2D eigenvalue weighted by atomic mass is 32.2. The lowest BCUT2D eigenvalue weighted by atomic mass is 10.1. The molecule has 136 valence electrons. The van der Waals surface area contributed by atoms with Crippen LogP contribution < -0.4 is 5.32 Å². The quantitative estimate of drug-likeness (QED) is 0.669. The molecule has 0 bridgehead atoms. The summed E-state index contributed by atoms with van der Waals surface area (Å²) < 4.78 is 39.2. The maximum absolute atomic E-state index is 13.0. The van der Waals surface area contributed by atoms with Gasteiger partial charge < -0.3 is 5.32 Å². The molecule has 0 saturated heterocycles. The molecule has 0 aliphatic carbocycles. The zero-order chi connectivity index (χ0) is 18.6. The average Bonchev–Trinajstić information content (AvgIpc) is 3.18. The number of nitrogens with one attached hydrogen (secondary N) is 1. The summed E-state index contributed by atoms with van der Waals surface area (Å²) >= 11 is 1.19. The van der Waals surface area contributed by atoms with E-state index in [4.69, 9.17) is 0 Å². The molecule has 0 radical (unpaired) electrons. The fourth-order valence-electron chi connectivity index (χ4n) is 2.23. The van der Waals surface area contributed by atoms with Crippen molar-refractivity contribution in [3.05, 3.63) is 59.7 Å². The molecule has 2 aromatic heterocycles. The molecule has 6 nitrogen and oxygen atoms in total. The van der Waals surface area contributed by atoms with Gasteiger partial charge in [-0.15, -0.1) is 21.5 Å². The van der Waals surface area contributed by atoms with Crippen LogP contribution in [0.2, 0.25) is 0 Å².